The number of methoxy groups -OCH3 is 1. The van der Waals surface area contributed by atoms with Crippen LogP contribution in [0.2, 0.25) is 0 Å². The number of hydrogen-bond donors (Lipinski definition) is 2. The summed E-state index contributed by atoms with van der Waals surface area (Å²) in [5.74, 6) is -0.992. The fourth-order valence-electron chi connectivity index (χ4n) is 0.901. The molecule has 0 spiro atoms. The van der Waals surface area contributed by atoms with Crippen LogP contribution in [0.4, 0.5) is 0 Å². The van der Waals surface area contributed by atoms with Crippen LogP contribution in [0, 0.1) is 0 Å². The Kier molecular flexibility index (Phi) is 6.08. The van der Waals surface area contributed by atoms with Gasteiger partial charge in [0.25, 0.3) is 0 Å². The third kappa shape index (κ3) is 6.48. The van der Waals surface area contributed by atoms with E-state index in [0.717, 1.165) is 0 Å². The van der Waals surface area contributed by atoms with Gasteiger partial charge in [-0.3, -0.25) is 9.59 Å². The summed E-state index contributed by atoms with van der Waals surface area (Å²) >= 11 is 0. The summed E-state index contributed by atoms with van der Waals surface area (Å²) in [6.45, 7) is 3.16. The predicted molar refractivity (Wildman–Crippen MR) is 52.9 cm³/mol. The van der Waals surface area contributed by atoms with Crippen LogP contribution in [0.1, 0.15) is 20.3 Å². The van der Waals surface area contributed by atoms with Crippen molar-refractivity contribution in [3.05, 3.63) is 0 Å². The van der Waals surface area contributed by atoms with Gasteiger partial charge in [0.05, 0.1) is 7.11 Å². The van der Waals surface area contributed by atoms with Crippen LogP contribution in [-0.2, 0) is 19.1 Å². The van der Waals surface area contributed by atoms with Gasteiger partial charge in [-0.1, -0.05) is 0 Å². The summed E-state index contributed by atoms with van der Waals surface area (Å²) in [6.07, 6.45) is 0.140. The highest BCUT2D eigenvalue weighted by molar-refractivity contribution is 5.84. The maximum atomic E-state index is 11.2. The SMILES string of the molecule is COC(=O)C(C)NC(=O)CCNC(C)=O. The number of carbonyl (C=O) groups is 3. The highest BCUT2D eigenvalue weighted by Crippen LogP contribution is 1.87. The minimum absolute atomic E-state index is 0.140. The molecule has 0 bridgehead atoms. The fourth-order valence-corrected chi connectivity index (χ4v) is 0.901. The van der Waals surface area contributed by atoms with E-state index in [1.54, 1.807) is 0 Å². The van der Waals surface area contributed by atoms with Crippen molar-refractivity contribution in [1.29, 1.82) is 0 Å². The molecule has 2 amide bonds. The van der Waals surface area contributed by atoms with Crippen molar-refractivity contribution in [1.82, 2.24) is 10.6 Å². The molecule has 0 aromatic heterocycles. The van der Waals surface area contributed by atoms with Crippen molar-refractivity contribution in [2.45, 2.75) is 26.3 Å². The average molecular weight is 216 g/mol. The Hall–Kier alpha value is -1.59. The Morgan fingerprint density at radius 3 is 2.40 bits per heavy atom. The van der Waals surface area contributed by atoms with E-state index >= 15 is 0 Å². The molecule has 0 heterocycles. The first kappa shape index (κ1) is 13.4. The molecule has 6 nitrogen and oxygen atoms in total. The molecule has 0 rings (SSSR count). The second-order valence-corrected chi connectivity index (χ2v) is 3.05. The summed E-state index contributed by atoms with van der Waals surface area (Å²) in [4.78, 5) is 32.6. The quantitative estimate of drug-likeness (QED) is 0.589. The van der Waals surface area contributed by atoms with Crippen molar-refractivity contribution < 1.29 is 19.1 Å². The summed E-state index contributed by atoms with van der Waals surface area (Å²) < 4.78 is 4.43. The smallest absolute Gasteiger partial charge is 0.328 e. The van der Waals surface area contributed by atoms with Crippen LogP contribution in [-0.4, -0.2) is 37.5 Å². The van der Waals surface area contributed by atoms with Gasteiger partial charge in [-0.05, 0) is 6.92 Å². The lowest BCUT2D eigenvalue weighted by atomic mass is 10.3. The number of carbonyl (C=O) groups excluding carboxylic acids is 3. The fraction of sp³-hybridized carbons (Fsp3) is 0.667. The number of nitrogens with one attached hydrogen (secondary N) is 2. The number of rotatable bonds is 5. The van der Waals surface area contributed by atoms with Crippen molar-refractivity contribution in [3.63, 3.8) is 0 Å². The van der Waals surface area contributed by atoms with Crippen LogP contribution < -0.4 is 10.6 Å². The standard InChI is InChI=1S/C9H16N2O4/c1-6(9(14)15-3)11-8(13)4-5-10-7(2)12/h6H,4-5H2,1-3H3,(H,10,12)(H,11,13). The van der Waals surface area contributed by atoms with Crippen LogP contribution in [0.15, 0.2) is 0 Å². The van der Waals surface area contributed by atoms with E-state index in [9.17, 15) is 14.4 Å². The van der Waals surface area contributed by atoms with Gasteiger partial charge in [0, 0.05) is 19.9 Å². The number of amides is 2. The normalized spacial score (nSPS) is 11.4. The second kappa shape index (κ2) is 6.80. The van der Waals surface area contributed by atoms with Crippen LogP contribution in [0.25, 0.3) is 0 Å². The molecule has 1 unspecified atom stereocenters. The van der Waals surface area contributed by atoms with Gasteiger partial charge >= 0.3 is 5.97 Å². The van der Waals surface area contributed by atoms with E-state index < -0.39 is 12.0 Å². The zero-order valence-corrected chi connectivity index (χ0v) is 9.12. The molecule has 86 valence electrons. The number of hydrogen-bond acceptors (Lipinski definition) is 4. The monoisotopic (exact) mass is 216 g/mol. The molecule has 0 aromatic rings. The lowest BCUT2D eigenvalue weighted by Crippen LogP contribution is -2.40. The summed E-state index contributed by atoms with van der Waals surface area (Å²) in [5, 5.41) is 4.92. The van der Waals surface area contributed by atoms with Crippen LogP contribution >= 0.6 is 0 Å². The molecule has 0 saturated carbocycles. The Morgan fingerprint density at radius 1 is 1.33 bits per heavy atom. The second-order valence-electron chi connectivity index (χ2n) is 3.05. The molecule has 2 N–H and O–H groups in total. The molecule has 0 saturated heterocycles. The lowest BCUT2D eigenvalue weighted by Gasteiger charge is -2.11. The summed E-state index contributed by atoms with van der Waals surface area (Å²) in [6, 6.07) is -0.667. The minimum atomic E-state index is -0.667. The third-order valence-electron chi connectivity index (χ3n) is 1.66. The van der Waals surface area contributed by atoms with Gasteiger partial charge in [0.15, 0.2) is 0 Å². The van der Waals surface area contributed by atoms with Crippen molar-refractivity contribution >= 4 is 17.8 Å². The average Bonchev–Trinajstić information content (AvgIpc) is 2.15. The molecule has 0 aliphatic rings. The zero-order chi connectivity index (χ0) is 11.8. The Balaban J connectivity index is 3.74. The Morgan fingerprint density at radius 2 is 1.93 bits per heavy atom. The molecule has 0 radical (unpaired) electrons. The minimum Gasteiger partial charge on any atom is -0.467 e. The molecule has 0 aliphatic heterocycles. The molecule has 0 aliphatic carbocycles. The lowest BCUT2D eigenvalue weighted by molar-refractivity contribution is -0.144. The van der Waals surface area contributed by atoms with Gasteiger partial charge < -0.3 is 15.4 Å². The molecular formula is C9H16N2O4. The first-order valence-electron chi connectivity index (χ1n) is 4.59. The number of esters is 1. The van der Waals surface area contributed by atoms with E-state index in [1.807, 2.05) is 0 Å². The van der Waals surface area contributed by atoms with E-state index in [2.05, 4.69) is 15.4 Å². The molecule has 0 fully saturated rings. The highest BCUT2D eigenvalue weighted by Gasteiger charge is 2.15. The van der Waals surface area contributed by atoms with Crippen molar-refractivity contribution in [2.75, 3.05) is 13.7 Å². The largest absolute Gasteiger partial charge is 0.467 e. The summed E-state index contributed by atoms with van der Waals surface area (Å²) in [5.41, 5.74) is 0. The molecule has 0 aromatic carbocycles. The maximum Gasteiger partial charge on any atom is 0.328 e. The molecule has 15 heavy (non-hydrogen) atoms. The van der Waals surface area contributed by atoms with E-state index in [-0.39, 0.29) is 24.8 Å². The van der Waals surface area contributed by atoms with Gasteiger partial charge in [0.2, 0.25) is 11.8 Å². The van der Waals surface area contributed by atoms with E-state index in [0.29, 0.717) is 0 Å². The number of ether oxygens (including phenoxy) is 1. The maximum absolute atomic E-state index is 11.2. The van der Waals surface area contributed by atoms with E-state index in [1.165, 1.54) is 21.0 Å². The van der Waals surface area contributed by atoms with Crippen molar-refractivity contribution in [2.24, 2.45) is 0 Å². The van der Waals surface area contributed by atoms with Crippen LogP contribution in [0.3, 0.4) is 0 Å². The summed E-state index contributed by atoms with van der Waals surface area (Å²) in [7, 11) is 1.25. The third-order valence-corrected chi connectivity index (χ3v) is 1.66. The molecule has 6 heteroatoms. The first-order chi connectivity index (χ1) is 6.97. The Bertz CT molecular complexity index is 252. The van der Waals surface area contributed by atoms with E-state index in [4.69, 9.17) is 0 Å². The Labute approximate surface area is 88.4 Å². The highest BCUT2D eigenvalue weighted by atomic mass is 16.5. The van der Waals surface area contributed by atoms with Crippen LogP contribution in [0.5, 0.6) is 0 Å². The predicted octanol–water partition coefficient (Wildman–Crippen LogP) is -0.810. The zero-order valence-electron chi connectivity index (χ0n) is 9.12. The van der Waals surface area contributed by atoms with Gasteiger partial charge in [-0.2, -0.15) is 0 Å². The van der Waals surface area contributed by atoms with Crippen molar-refractivity contribution in [3.8, 4) is 0 Å². The molecular weight excluding hydrogens is 200 g/mol. The van der Waals surface area contributed by atoms with Gasteiger partial charge in [-0.15, -0.1) is 0 Å². The molecule has 1 atom stereocenters. The first-order valence-corrected chi connectivity index (χ1v) is 4.59. The van der Waals surface area contributed by atoms with Gasteiger partial charge in [-0.25, -0.2) is 4.79 Å². The topological polar surface area (TPSA) is 84.5 Å². The van der Waals surface area contributed by atoms with Gasteiger partial charge in [0.1, 0.15) is 6.04 Å².